The van der Waals surface area contributed by atoms with Gasteiger partial charge in [0.05, 0.1) is 17.7 Å². The number of fused-ring (bicyclic) bond motifs is 1. The Balaban J connectivity index is 1.58. The minimum Gasteiger partial charge on any atom is -0.393 e. The molecule has 3 heterocycles. The highest BCUT2D eigenvalue weighted by Crippen LogP contribution is 2.19. The van der Waals surface area contributed by atoms with Crippen LogP contribution in [0.3, 0.4) is 0 Å². The summed E-state index contributed by atoms with van der Waals surface area (Å²) >= 11 is 0. The van der Waals surface area contributed by atoms with Gasteiger partial charge in [0, 0.05) is 30.8 Å². The van der Waals surface area contributed by atoms with Crippen molar-refractivity contribution in [1.29, 1.82) is 0 Å². The van der Waals surface area contributed by atoms with Crippen molar-refractivity contribution < 1.29 is 5.11 Å². The molecule has 26 heavy (non-hydrogen) atoms. The Morgan fingerprint density at radius 2 is 2.08 bits per heavy atom. The van der Waals surface area contributed by atoms with E-state index in [0.717, 1.165) is 24.6 Å². The van der Waals surface area contributed by atoms with E-state index in [1.54, 1.807) is 37.1 Å². The smallest absolute Gasteiger partial charge is 0.278 e. The summed E-state index contributed by atoms with van der Waals surface area (Å²) in [5, 5.41) is 14.2. The number of anilines is 2. The van der Waals surface area contributed by atoms with Crippen molar-refractivity contribution in [2.24, 2.45) is 0 Å². The molecule has 0 aliphatic heterocycles. The van der Waals surface area contributed by atoms with Crippen LogP contribution in [0.4, 0.5) is 11.6 Å². The Bertz CT molecular complexity index is 959. The second kappa shape index (κ2) is 7.09. The minimum atomic E-state index is -0.297. The van der Waals surface area contributed by atoms with Crippen molar-refractivity contribution in [2.45, 2.75) is 37.8 Å². The summed E-state index contributed by atoms with van der Waals surface area (Å²) in [5.41, 5.74) is 3.06. The number of hydrogen-bond donors (Lipinski definition) is 3. The predicted octanol–water partition coefficient (Wildman–Crippen LogP) is 1.78. The molecule has 1 aliphatic carbocycles. The predicted molar refractivity (Wildman–Crippen MR) is 98.9 cm³/mol. The summed E-state index contributed by atoms with van der Waals surface area (Å²) in [6, 6.07) is 3.77. The van der Waals surface area contributed by atoms with Crippen molar-refractivity contribution in [3.05, 3.63) is 53.5 Å². The highest BCUT2D eigenvalue weighted by molar-refractivity contribution is 5.83. The van der Waals surface area contributed by atoms with Crippen molar-refractivity contribution >= 4 is 22.4 Å². The molecule has 1 aliphatic rings. The molecule has 0 aromatic carbocycles. The first-order chi connectivity index (χ1) is 12.7. The van der Waals surface area contributed by atoms with Gasteiger partial charge in [-0.05, 0) is 43.2 Å². The second-order valence-electron chi connectivity index (χ2n) is 6.51. The van der Waals surface area contributed by atoms with Gasteiger partial charge in [0.25, 0.3) is 5.56 Å². The molecule has 134 valence electrons. The van der Waals surface area contributed by atoms with Gasteiger partial charge in [-0.3, -0.25) is 9.78 Å². The van der Waals surface area contributed by atoms with E-state index in [0.29, 0.717) is 23.4 Å². The zero-order valence-electron chi connectivity index (χ0n) is 14.2. The SMILES string of the molecule is O=c1c2cnc(Nc3cnccn3)cc2ccn1NC1CCCC(O)C1. The van der Waals surface area contributed by atoms with Crippen LogP contribution in [-0.2, 0) is 0 Å². The highest BCUT2D eigenvalue weighted by Gasteiger charge is 2.20. The lowest BCUT2D eigenvalue weighted by atomic mass is 9.93. The average Bonchev–Trinajstić information content (AvgIpc) is 2.65. The number of nitrogens with zero attached hydrogens (tertiary/aromatic N) is 4. The van der Waals surface area contributed by atoms with Crippen molar-refractivity contribution in [3.8, 4) is 0 Å². The fourth-order valence-corrected chi connectivity index (χ4v) is 3.28. The Labute approximate surface area is 149 Å². The van der Waals surface area contributed by atoms with Crippen LogP contribution in [0, 0.1) is 0 Å². The lowest BCUT2D eigenvalue weighted by Gasteiger charge is -2.28. The summed E-state index contributed by atoms with van der Waals surface area (Å²) in [6.07, 6.45) is 11.2. The molecule has 2 unspecified atom stereocenters. The summed E-state index contributed by atoms with van der Waals surface area (Å²) < 4.78 is 1.49. The fraction of sp³-hybridized carbons (Fsp3) is 0.333. The highest BCUT2D eigenvalue weighted by atomic mass is 16.3. The maximum absolute atomic E-state index is 12.7. The zero-order valence-corrected chi connectivity index (χ0v) is 14.2. The standard InChI is InChI=1S/C18H20N6O2/c25-14-3-1-2-13(9-14)23-24-7-4-12-8-16(21-10-15(12)18(24)26)22-17-11-19-5-6-20-17/h4-8,10-11,13-14,23,25H,1-3,9H2,(H,20,21,22). The Hall–Kier alpha value is -3.00. The van der Waals surface area contributed by atoms with Gasteiger partial charge in [0.15, 0.2) is 0 Å². The quantitative estimate of drug-likeness (QED) is 0.657. The molecule has 1 saturated carbocycles. The number of aliphatic hydroxyl groups excluding tert-OH is 1. The van der Waals surface area contributed by atoms with E-state index in [2.05, 4.69) is 25.7 Å². The first-order valence-corrected chi connectivity index (χ1v) is 8.68. The molecule has 0 bridgehead atoms. The molecule has 8 heteroatoms. The number of aliphatic hydroxyl groups is 1. The van der Waals surface area contributed by atoms with Crippen LogP contribution >= 0.6 is 0 Å². The normalized spacial score (nSPS) is 20.0. The lowest BCUT2D eigenvalue weighted by molar-refractivity contribution is 0.122. The average molecular weight is 352 g/mol. The fourth-order valence-electron chi connectivity index (χ4n) is 3.28. The maximum Gasteiger partial charge on any atom is 0.278 e. The third-order valence-electron chi connectivity index (χ3n) is 4.58. The van der Waals surface area contributed by atoms with Crippen LogP contribution in [0.5, 0.6) is 0 Å². The third kappa shape index (κ3) is 3.50. The van der Waals surface area contributed by atoms with Crippen molar-refractivity contribution in [2.75, 3.05) is 10.7 Å². The van der Waals surface area contributed by atoms with Crippen molar-refractivity contribution in [1.82, 2.24) is 19.6 Å². The molecule has 0 saturated heterocycles. The molecule has 4 rings (SSSR count). The van der Waals surface area contributed by atoms with E-state index in [1.165, 1.54) is 4.68 Å². The summed E-state index contributed by atoms with van der Waals surface area (Å²) in [4.78, 5) is 25.2. The van der Waals surface area contributed by atoms with Crippen LogP contribution in [-0.4, -0.2) is 36.9 Å². The van der Waals surface area contributed by atoms with Crippen LogP contribution in [0.1, 0.15) is 25.7 Å². The molecular weight excluding hydrogens is 332 g/mol. The molecule has 3 aromatic rings. The summed E-state index contributed by atoms with van der Waals surface area (Å²) in [5.74, 6) is 1.18. The van der Waals surface area contributed by atoms with Gasteiger partial charge in [-0.25, -0.2) is 14.6 Å². The van der Waals surface area contributed by atoms with Gasteiger partial charge in [0.1, 0.15) is 11.6 Å². The monoisotopic (exact) mass is 352 g/mol. The minimum absolute atomic E-state index is 0.0967. The molecule has 3 N–H and O–H groups in total. The molecule has 1 fully saturated rings. The molecular formula is C18H20N6O2. The van der Waals surface area contributed by atoms with Gasteiger partial charge in [0.2, 0.25) is 0 Å². The van der Waals surface area contributed by atoms with Gasteiger partial charge in [-0.15, -0.1) is 0 Å². The molecule has 0 spiro atoms. The van der Waals surface area contributed by atoms with Crippen LogP contribution in [0.2, 0.25) is 0 Å². The van der Waals surface area contributed by atoms with E-state index in [1.807, 2.05) is 6.07 Å². The molecule has 3 aromatic heterocycles. The van der Waals surface area contributed by atoms with E-state index in [4.69, 9.17) is 0 Å². The van der Waals surface area contributed by atoms with Gasteiger partial charge < -0.3 is 15.8 Å². The largest absolute Gasteiger partial charge is 0.393 e. The molecule has 0 amide bonds. The summed E-state index contributed by atoms with van der Waals surface area (Å²) in [6.45, 7) is 0. The van der Waals surface area contributed by atoms with E-state index in [9.17, 15) is 9.90 Å². The number of nitrogens with one attached hydrogen (secondary N) is 2. The first-order valence-electron chi connectivity index (χ1n) is 8.68. The van der Waals surface area contributed by atoms with Gasteiger partial charge in [-0.2, -0.15) is 0 Å². The number of pyridine rings is 2. The first kappa shape index (κ1) is 16.5. The summed E-state index contributed by atoms with van der Waals surface area (Å²) in [7, 11) is 0. The molecule has 0 radical (unpaired) electrons. The Kier molecular flexibility index (Phi) is 4.49. The lowest BCUT2D eigenvalue weighted by Crippen LogP contribution is -2.39. The molecule has 2 atom stereocenters. The number of aromatic nitrogens is 4. The molecule has 8 nitrogen and oxygen atoms in total. The Morgan fingerprint density at radius 1 is 1.15 bits per heavy atom. The van der Waals surface area contributed by atoms with E-state index in [-0.39, 0.29) is 17.7 Å². The van der Waals surface area contributed by atoms with E-state index >= 15 is 0 Å². The number of rotatable bonds is 4. The van der Waals surface area contributed by atoms with Gasteiger partial charge in [-0.1, -0.05) is 0 Å². The Morgan fingerprint density at radius 3 is 2.88 bits per heavy atom. The van der Waals surface area contributed by atoms with E-state index < -0.39 is 0 Å². The van der Waals surface area contributed by atoms with Crippen molar-refractivity contribution in [3.63, 3.8) is 0 Å². The van der Waals surface area contributed by atoms with Crippen LogP contribution < -0.4 is 16.3 Å². The second-order valence-corrected chi connectivity index (χ2v) is 6.51. The topological polar surface area (TPSA) is 105 Å². The van der Waals surface area contributed by atoms with Crippen LogP contribution in [0.15, 0.2) is 47.9 Å². The number of hydrogen-bond acceptors (Lipinski definition) is 7. The van der Waals surface area contributed by atoms with Gasteiger partial charge >= 0.3 is 0 Å². The maximum atomic E-state index is 12.7. The zero-order chi connectivity index (χ0) is 17.9. The third-order valence-corrected chi connectivity index (χ3v) is 4.58. The van der Waals surface area contributed by atoms with Crippen LogP contribution in [0.25, 0.3) is 10.8 Å².